The Labute approximate surface area is 254 Å². The van der Waals surface area contributed by atoms with E-state index in [1.54, 1.807) is 0 Å². The van der Waals surface area contributed by atoms with Crippen LogP contribution < -0.4 is 9.64 Å². The lowest BCUT2D eigenvalue weighted by Crippen LogP contribution is -2.55. The van der Waals surface area contributed by atoms with Crippen LogP contribution in [0.3, 0.4) is 0 Å². The lowest BCUT2D eigenvalue weighted by atomic mass is 10.0. The van der Waals surface area contributed by atoms with Crippen LogP contribution in [0.15, 0.2) is 36.7 Å². The van der Waals surface area contributed by atoms with Crippen LogP contribution >= 0.6 is 11.6 Å². The molecule has 1 amide bonds. The lowest BCUT2D eigenvalue weighted by molar-refractivity contribution is -0.131. The van der Waals surface area contributed by atoms with E-state index < -0.39 is 17.8 Å². The summed E-state index contributed by atoms with van der Waals surface area (Å²) >= 11 is 6.42. The van der Waals surface area contributed by atoms with E-state index in [0.717, 1.165) is 72.7 Å². The van der Waals surface area contributed by atoms with Crippen LogP contribution in [0.5, 0.6) is 6.01 Å². The molecule has 0 spiro atoms. The molecule has 2 saturated heterocycles. The van der Waals surface area contributed by atoms with Crippen molar-refractivity contribution in [3.63, 3.8) is 0 Å². The number of piperazine rings is 1. The largest absolute Gasteiger partial charge is 0.462 e. The fraction of sp³-hybridized carbons (Fsp3) is 0.562. The van der Waals surface area contributed by atoms with Gasteiger partial charge in [0.15, 0.2) is 5.83 Å². The number of hydrogen-bond acceptors (Lipinski definition) is 7. The number of nitriles is 1. The quantitative estimate of drug-likeness (QED) is 0.304. The molecule has 1 aromatic carbocycles. The maximum Gasteiger partial charge on any atom is 0.318 e. The molecule has 0 bridgehead atoms. The Morgan fingerprint density at radius 1 is 1.19 bits per heavy atom. The molecule has 10 heteroatoms. The molecule has 2 aliphatic rings. The first kappa shape index (κ1) is 31.7. The molecule has 1 aromatic heterocycles. The third-order valence-corrected chi connectivity index (χ3v) is 8.64. The average Bonchev–Trinajstić information content (AvgIpc) is 3.30. The number of benzene rings is 1. The lowest BCUT2D eigenvalue weighted by Gasteiger charge is -2.41. The number of carbonyl (C=O) groups excluding carboxylic acids is 1. The number of likely N-dealkylation sites (tertiary alicyclic amines) is 1. The Morgan fingerprint density at radius 2 is 1.98 bits per heavy atom. The van der Waals surface area contributed by atoms with Crippen molar-refractivity contribution in [2.45, 2.75) is 70.9 Å². The summed E-state index contributed by atoms with van der Waals surface area (Å²) in [6, 6.07) is 10.2. The minimum Gasteiger partial charge on any atom is -0.462 e. The molecule has 0 saturated carbocycles. The second-order valence-corrected chi connectivity index (χ2v) is 12.0. The molecule has 3 unspecified atom stereocenters. The number of aryl methyl sites for hydroxylation is 2. The second-order valence-electron chi connectivity index (χ2n) is 11.6. The van der Waals surface area contributed by atoms with E-state index >= 15 is 0 Å². The van der Waals surface area contributed by atoms with Crippen molar-refractivity contribution >= 4 is 23.3 Å². The molecular weight excluding hydrogens is 555 g/mol. The van der Waals surface area contributed by atoms with Gasteiger partial charge in [0.05, 0.1) is 24.2 Å². The number of amides is 1. The van der Waals surface area contributed by atoms with Gasteiger partial charge in [0.25, 0.3) is 5.91 Å². The molecule has 0 radical (unpaired) electrons. The fourth-order valence-corrected chi connectivity index (χ4v) is 6.39. The van der Waals surface area contributed by atoms with Crippen molar-refractivity contribution < 1.29 is 13.9 Å². The number of likely N-dealkylation sites (N-methyl/N-ethyl adjacent to an activating group) is 1. The molecule has 0 aliphatic carbocycles. The Balaban J connectivity index is 1.63. The van der Waals surface area contributed by atoms with Crippen LogP contribution in [0.2, 0.25) is 5.02 Å². The molecule has 226 valence electrons. The third-order valence-electron chi connectivity index (χ3n) is 8.27. The number of hydrogen-bond donors (Lipinski definition) is 0. The zero-order valence-electron chi connectivity index (χ0n) is 25.0. The normalized spacial score (nSPS) is 20.9. The Kier molecular flexibility index (Phi) is 11.2. The van der Waals surface area contributed by atoms with E-state index in [-0.39, 0.29) is 13.0 Å². The zero-order valence-corrected chi connectivity index (χ0v) is 25.7. The minimum atomic E-state index is -1.01. The molecule has 0 N–H and O–H groups in total. The van der Waals surface area contributed by atoms with Crippen LogP contribution in [0.1, 0.15) is 56.4 Å². The van der Waals surface area contributed by atoms with Crippen LogP contribution in [0.25, 0.3) is 0 Å². The summed E-state index contributed by atoms with van der Waals surface area (Å²) in [6.45, 7) is 10.2. The van der Waals surface area contributed by atoms with E-state index in [9.17, 15) is 14.4 Å². The highest BCUT2D eigenvalue weighted by Gasteiger charge is 2.34. The molecule has 2 aliphatic heterocycles. The number of nitrogens with zero attached hydrogens (tertiary/aromatic N) is 6. The van der Waals surface area contributed by atoms with Crippen molar-refractivity contribution in [3.05, 3.63) is 58.5 Å². The monoisotopic (exact) mass is 596 g/mol. The van der Waals surface area contributed by atoms with E-state index in [4.69, 9.17) is 26.3 Å². The first-order valence-electron chi connectivity index (χ1n) is 14.9. The van der Waals surface area contributed by atoms with Gasteiger partial charge in [0.1, 0.15) is 12.4 Å². The number of halogens is 2. The fourth-order valence-electron chi connectivity index (χ4n) is 6.16. The van der Waals surface area contributed by atoms with Crippen LogP contribution in [0.4, 0.5) is 10.2 Å². The zero-order chi connectivity index (χ0) is 30.2. The molecule has 4 rings (SSSR count). The highest BCUT2D eigenvalue weighted by Crippen LogP contribution is 2.30. The highest BCUT2D eigenvalue weighted by atomic mass is 35.5. The summed E-state index contributed by atoms with van der Waals surface area (Å²) in [6.07, 6.45) is 5.25. The highest BCUT2D eigenvalue weighted by molar-refractivity contribution is 6.31. The van der Waals surface area contributed by atoms with Gasteiger partial charge in [-0.15, -0.1) is 0 Å². The number of ether oxygens (including phenoxy) is 1. The third kappa shape index (κ3) is 7.78. The Bertz CT molecular complexity index is 1300. The molecular formula is C32H42ClFN6O2. The predicted octanol–water partition coefficient (Wildman–Crippen LogP) is 5.39. The van der Waals surface area contributed by atoms with Crippen molar-refractivity contribution in [2.24, 2.45) is 5.92 Å². The standard InChI is InChI=1S/C32H42ClFN6O2/c1-5-9-27-29(13-8-11-24-10-6-7-12-28(24)33)36-32(42-21-26-18-22(2)19-38(26)4)37-30(27)39-16-17-40(31(41)23(3)34)25(20-39)14-15-35/h6-7,10,12,22,25-26H,3,5,8-9,11,13-14,16-21H2,1-2,4H3. The molecule has 8 nitrogen and oxygen atoms in total. The number of carbonyl (C=O) groups is 1. The first-order valence-corrected chi connectivity index (χ1v) is 15.3. The van der Waals surface area contributed by atoms with Gasteiger partial charge in [-0.3, -0.25) is 9.69 Å². The Hall–Kier alpha value is -3.22. The van der Waals surface area contributed by atoms with Gasteiger partial charge in [-0.05, 0) is 56.7 Å². The summed E-state index contributed by atoms with van der Waals surface area (Å²) in [4.78, 5) is 28.2. The SMILES string of the molecule is C=C(F)C(=O)N1CCN(c2nc(OCC3CC(C)CN3C)nc(CCCc3ccccc3Cl)c2CCC)CC1CC#N. The predicted molar refractivity (Wildman–Crippen MR) is 163 cm³/mol. The summed E-state index contributed by atoms with van der Waals surface area (Å²) in [5.41, 5.74) is 3.11. The van der Waals surface area contributed by atoms with E-state index in [1.807, 2.05) is 18.2 Å². The smallest absolute Gasteiger partial charge is 0.318 e. The van der Waals surface area contributed by atoms with E-state index in [1.165, 1.54) is 4.90 Å². The first-order chi connectivity index (χ1) is 20.2. The van der Waals surface area contributed by atoms with E-state index in [0.29, 0.717) is 37.7 Å². The van der Waals surface area contributed by atoms with Gasteiger partial charge < -0.3 is 14.5 Å². The number of rotatable bonds is 12. The van der Waals surface area contributed by atoms with Gasteiger partial charge >= 0.3 is 6.01 Å². The molecule has 42 heavy (non-hydrogen) atoms. The van der Waals surface area contributed by atoms with Crippen LogP contribution in [-0.2, 0) is 24.1 Å². The van der Waals surface area contributed by atoms with Gasteiger partial charge in [0.2, 0.25) is 0 Å². The molecule has 2 fully saturated rings. The van der Waals surface area contributed by atoms with Crippen molar-refractivity contribution in [2.75, 3.05) is 44.7 Å². The van der Waals surface area contributed by atoms with Gasteiger partial charge in [-0.1, -0.05) is 56.6 Å². The van der Waals surface area contributed by atoms with Crippen molar-refractivity contribution in [3.8, 4) is 12.1 Å². The van der Waals surface area contributed by atoms with Crippen molar-refractivity contribution in [1.82, 2.24) is 19.8 Å². The second kappa shape index (κ2) is 14.8. The van der Waals surface area contributed by atoms with Gasteiger partial charge in [-0.25, -0.2) is 4.39 Å². The summed E-state index contributed by atoms with van der Waals surface area (Å²) in [5.74, 6) is -0.380. The number of aromatic nitrogens is 2. The summed E-state index contributed by atoms with van der Waals surface area (Å²) in [5, 5.41) is 10.2. The minimum absolute atomic E-state index is 0.0873. The van der Waals surface area contributed by atoms with Crippen molar-refractivity contribution in [1.29, 1.82) is 5.26 Å². The van der Waals surface area contributed by atoms with Gasteiger partial charge in [-0.2, -0.15) is 15.2 Å². The molecule has 3 heterocycles. The van der Waals surface area contributed by atoms with Gasteiger partial charge in [0, 0.05) is 42.8 Å². The summed E-state index contributed by atoms with van der Waals surface area (Å²) in [7, 11) is 2.12. The molecule has 3 atom stereocenters. The topological polar surface area (TPSA) is 85.6 Å². The van der Waals surface area contributed by atoms with E-state index in [2.05, 4.69) is 49.4 Å². The average molecular weight is 597 g/mol. The number of anilines is 1. The Morgan fingerprint density at radius 3 is 2.64 bits per heavy atom. The summed E-state index contributed by atoms with van der Waals surface area (Å²) < 4.78 is 20.1. The maximum absolute atomic E-state index is 13.8. The molecule has 2 aromatic rings. The van der Waals surface area contributed by atoms with Crippen LogP contribution in [-0.4, -0.2) is 77.6 Å². The van der Waals surface area contributed by atoms with Crippen LogP contribution in [0, 0.1) is 17.2 Å². The maximum atomic E-state index is 13.8.